The van der Waals surface area contributed by atoms with Crippen molar-refractivity contribution in [2.24, 2.45) is 0 Å². The summed E-state index contributed by atoms with van der Waals surface area (Å²) in [7, 11) is 0. The van der Waals surface area contributed by atoms with Gasteiger partial charge in [0.05, 0.1) is 5.56 Å². The summed E-state index contributed by atoms with van der Waals surface area (Å²) in [5.41, 5.74) is 1.93. The van der Waals surface area contributed by atoms with Crippen molar-refractivity contribution in [2.45, 2.75) is 13.3 Å². The Balaban J connectivity index is 1.90. The van der Waals surface area contributed by atoms with Crippen LogP contribution in [-0.4, -0.2) is 18.5 Å². The average molecular weight is 300 g/mol. The molecule has 0 fully saturated rings. The van der Waals surface area contributed by atoms with E-state index < -0.39 is 11.9 Å². The van der Waals surface area contributed by atoms with Gasteiger partial charge >= 0.3 is 5.97 Å². The highest BCUT2D eigenvalue weighted by atomic mass is 16.5. The van der Waals surface area contributed by atoms with E-state index >= 15 is 0 Å². The molecular formula is C16H16N2O4. The number of hydrogen-bond acceptors (Lipinski definition) is 4. The van der Waals surface area contributed by atoms with Crippen molar-refractivity contribution in [2.75, 3.05) is 11.9 Å². The van der Waals surface area contributed by atoms with Gasteiger partial charge in [0.15, 0.2) is 19.0 Å². The molecule has 1 amide bonds. The molecule has 0 saturated heterocycles. The number of nitrogens with zero attached hydrogens (tertiary/aromatic N) is 1. The fourth-order valence-corrected chi connectivity index (χ4v) is 1.90. The van der Waals surface area contributed by atoms with Crippen molar-refractivity contribution in [3.63, 3.8) is 0 Å². The van der Waals surface area contributed by atoms with Crippen molar-refractivity contribution in [1.82, 2.24) is 0 Å². The Kier molecular flexibility index (Phi) is 5.08. The Labute approximate surface area is 127 Å². The minimum absolute atomic E-state index is 0.217. The number of aromatic nitrogens is 1. The number of esters is 1. The molecule has 114 valence electrons. The van der Waals surface area contributed by atoms with Gasteiger partial charge in [-0.25, -0.2) is 4.79 Å². The molecule has 1 aromatic heterocycles. The van der Waals surface area contributed by atoms with Crippen LogP contribution in [0.3, 0.4) is 0 Å². The van der Waals surface area contributed by atoms with Gasteiger partial charge < -0.3 is 15.3 Å². The molecule has 2 aromatic rings. The molecule has 1 aromatic carbocycles. The monoisotopic (exact) mass is 300 g/mol. The van der Waals surface area contributed by atoms with Crippen LogP contribution in [0.1, 0.15) is 22.8 Å². The maximum Gasteiger partial charge on any atom is 0.339 e. The van der Waals surface area contributed by atoms with Crippen LogP contribution in [0.4, 0.5) is 5.69 Å². The first kappa shape index (κ1) is 15.5. The van der Waals surface area contributed by atoms with Gasteiger partial charge in [-0.1, -0.05) is 25.1 Å². The van der Waals surface area contributed by atoms with E-state index in [1.54, 1.807) is 6.07 Å². The number of ether oxygens (including phenoxy) is 1. The van der Waals surface area contributed by atoms with E-state index in [2.05, 4.69) is 5.32 Å². The lowest BCUT2D eigenvalue weighted by Gasteiger charge is -2.10. The number of nitrogens with one attached hydrogen (secondary N) is 1. The molecule has 0 spiro atoms. The first-order valence-electron chi connectivity index (χ1n) is 6.84. The first-order chi connectivity index (χ1) is 10.6. The van der Waals surface area contributed by atoms with Crippen LogP contribution in [-0.2, 0) is 16.0 Å². The van der Waals surface area contributed by atoms with Gasteiger partial charge in [-0.15, -0.1) is 0 Å². The van der Waals surface area contributed by atoms with Crippen LogP contribution in [0.2, 0.25) is 0 Å². The zero-order valence-electron chi connectivity index (χ0n) is 12.1. The molecule has 22 heavy (non-hydrogen) atoms. The van der Waals surface area contributed by atoms with Crippen molar-refractivity contribution in [1.29, 1.82) is 0 Å². The number of hydrogen-bond donors (Lipinski definition) is 1. The second-order valence-electron chi connectivity index (χ2n) is 4.58. The molecule has 0 aliphatic heterocycles. The highest BCUT2D eigenvalue weighted by Crippen LogP contribution is 2.15. The van der Waals surface area contributed by atoms with Gasteiger partial charge in [-0.2, -0.15) is 4.73 Å². The molecule has 1 heterocycles. The summed E-state index contributed by atoms with van der Waals surface area (Å²) in [4.78, 5) is 23.6. The lowest BCUT2D eigenvalue weighted by atomic mass is 10.1. The van der Waals surface area contributed by atoms with Gasteiger partial charge in [-0.05, 0) is 18.1 Å². The normalized spacial score (nSPS) is 10.0. The summed E-state index contributed by atoms with van der Waals surface area (Å²) in [5, 5.41) is 13.6. The van der Waals surface area contributed by atoms with Gasteiger partial charge in [0.1, 0.15) is 0 Å². The zero-order chi connectivity index (χ0) is 15.9. The van der Waals surface area contributed by atoms with Gasteiger partial charge in [0.25, 0.3) is 5.91 Å². The third kappa shape index (κ3) is 4.05. The van der Waals surface area contributed by atoms with Crippen molar-refractivity contribution >= 4 is 17.6 Å². The molecule has 6 nitrogen and oxygen atoms in total. The Morgan fingerprint density at radius 3 is 2.55 bits per heavy atom. The Hall–Kier alpha value is -2.89. The lowest BCUT2D eigenvalue weighted by Crippen LogP contribution is -2.25. The van der Waals surface area contributed by atoms with E-state index in [1.165, 1.54) is 24.5 Å². The average Bonchev–Trinajstić information content (AvgIpc) is 2.54. The molecule has 0 saturated carbocycles. The summed E-state index contributed by atoms with van der Waals surface area (Å²) < 4.78 is 5.47. The predicted molar refractivity (Wildman–Crippen MR) is 80.1 cm³/mol. The van der Waals surface area contributed by atoms with E-state index in [9.17, 15) is 14.8 Å². The molecule has 6 heteroatoms. The van der Waals surface area contributed by atoms with Crippen LogP contribution >= 0.6 is 0 Å². The van der Waals surface area contributed by atoms with Crippen molar-refractivity contribution in [3.8, 4) is 0 Å². The number of para-hydroxylation sites is 1. The molecule has 0 aliphatic carbocycles. The fraction of sp³-hybridized carbons (Fsp3) is 0.188. The second-order valence-corrected chi connectivity index (χ2v) is 4.58. The van der Waals surface area contributed by atoms with Crippen molar-refractivity contribution in [3.05, 3.63) is 65.1 Å². The summed E-state index contributed by atoms with van der Waals surface area (Å²) in [6, 6.07) is 10.1. The van der Waals surface area contributed by atoms with Gasteiger partial charge in [-0.3, -0.25) is 4.79 Å². The van der Waals surface area contributed by atoms with E-state index in [0.29, 0.717) is 10.4 Å². The number of aryl methyl sites for hydroxylation is 1. The molecule has 0 aliphatic rings. The number of carbonyl (C=O) groups excluding carboxylic acids is 2. The quantitative estimate of drug-likeness (QED) is 0.517. The van der Waals surface area contributed by atoms with Crippen LogP contribution in [0.15, 0.2) is 48.8 Å². The lowest BCUT2D eigenvalue weighted by molar-refractivity contribution is -0.605. The van der Waals surface area contributed by atoms with Crippen LogP contribution < -0.4 is 10.0 Å². The first-order valence-corrected chi connectivity index (χ1v) is 6.84. The maximum absolute atomic E-state index is 11.8. The van der Waals surface area contributed by atoms with E-state index in [0.717, 1.165) is 12.0 Å². The zero-order valence-corrected chi connectivity index (χ0v) is 12.1. The van der Waals surface area contributed by atoms with Crippen LogP contribution in [0, 0.1) is 5.21 Å². The number of amides is 1. The molecule has 0 bridgehead atoms. The molecule has 0 atom stereocenters. The van der Waals surface area contributed by atoms with Crippen LogP contribution in [0.5, 0.6) is 0 Å². The number of pyridine rings is 1. The Bertz CT molecular complexity index is 668. The highest BCUT2D eigenvalue weighted by Gasteiger charge is 2.12. The smallest absolute Gasteiger partial charge is 0.339 e. The predicted octanol–water partition coefficient (Wildman–Crippen LogP) is 1.68. The summed E-state index contributed by atoms with van der Waals surface area (Å²) in [5.74, 6) is -1.07. The summed E-state index contributed by atoms with van der Waals surface area (Å²) >= 11 is 0. The largest absolute Gasteiger partial charge is 0.619 e. The minimum atomic E-state index is -0.653. The summed E-state index contributed by atoms with van der Waals surface area (Å²) in [6.07, 6.45) is 3.16. The number of carbonyl (C=O) groups is 2. The van der Waals surface area contributed by atoms with E-state index in [1.807, 2.05) is 25.1 Å². The molecular weight excluding hydrogens is 284 g/mol. The van der Waals surface area contributed by atoms with Crippen molar-refractivity contribution < 1.29 is 19.1 Å². The third-order valence-electron chi connectivity index (χ3n) is 3.04. The molecule has 0 unspecified atom stereocenters. The third-order valence-corrected chi connectivity index (χ3v) is 3.04. The summed E-state index contributed by atoms with van der Waals surface area (Å²) in [6.45, 7) is 1.60. The highest BCUT2D eigenvalue weighted by molar-refractivity contribution is 5.95. The standard InChI is InChI=1S/C16H16N2O4/c1-2-12-5-3-4-6-14(12)17-15(19)11-22-16(20)13-7-9-18(21)10-8-13/h3-10H,2,11H2,1H3,(H,17,19). The van der Waals surface area contributed by atoms with Gasteiger partial charge in [0.2, 0.25) is 0 Å². The van der Waals surface area contributed by atoms with Crippen LogP contribution in [0.25, 0.3) is 0 Å². The van der Waals surface area contributed by atoms with E-state index in [-0.39, 0.29) is 12.2 Å². The van der Waals surface area contributed by atoms with E-state index in [4.69, 9.17) is 4.74 Å². The number of benzene rings is 1. The Morgan fingerprint density at radius 2 is 1.86 bits per heavy atom. The van der Waals surface area contributed by atoms with Gasteiger partial charge in [0, 0.05) is 17.8 Å². The number of rotatable bonds is 5. The molecule has 1 N–H and O–H groups in total. The topological polar surface area (TPSA) is 82.3 Å². The molecule has 2 rings (SSSR count). The number of anilines is 1. The second kappa shape index (κ2) is 7.21. The molecule has 0 radical (unpaired) electrons. The minimum Gasteiger partial charge on any atom is -0.619 e. The SMILES string of the molecule is CCc1ccccc1NC(=O)COC(=O)c1cc[n+]([O-])cc1. The maximum atomic E-state index is 11.8. The Morgan fingerprint density at radius 1 is 1.18 bits per heavy atom. The fourth-order valence-electron chi connectivity index (χ4n) is 1.90.